The first kappa shape index (κ1) is 13.7. The van der Waals surface area contributed by atoms with Gasteiger partial charge in [-0.3, -0.25) is 9.69 Å². The topological polar surface area (TPSA) is 40.5 Å². The Morgan fingerprint density at radius 3 is 2.47 bits per heavy atom. The Bertz CT molecular complexity index is 390. The highest BCUT2D eigenvalue weighted by atomic mass is 16.4. The van der Waals surface area contributed by atoms with E-state index in [0.29, 0.717) is 6.54 Å². The summed E-state index contributed by atoms with van der Waals surface area (Å²) in [5.41, 5.74) is 2.50. The molecule has 0 aliphatic heterocycles. The van der Waals surface area contributed by atoms with E-state index in [0.717, 1.165) is 0 Å². The molecule has 0 aliphatic carbocycles. The van der Waals surface area contributed by atoms with E-state index >= 15 is 0 Å². The van der Waals surface area contributed by atoms with Crippen molar-refractivity contribution in [3.05, 3.63) is 35.4 Å². The van der Waals surface area contributed by atoms with Gasteiger partial charge in [-0.2, -0.15) is 0 Å². The van der Waals surface area contributed by atoms with E-state index in [4.69, 9.17) is 5.11 Å². The molecule has 3 heteroatoms. The van der Waals surface area contributed by atoms with E-state index in [-0.39, 0.29) is 12.0 Å². The summed E-state index contributed by atoms with van der Waals surface area (Å²) >= 11 is 0. The predicted octanol–water partition coefficient (Wildman–Crippen LogP) is 2.71. The number of benzene rings is 1. The van der Waals surface area contributed by atoms with Crippen LogP contribution in [0.5, 0.6) is 0 Å². The van der Waals surface area contributed by atoms with Crippen molar-refractivity contribution in [2.75, 3.05) is 13.6 Å². The highest BCUT2D eigenvalue weighted by Crippen LogP contribution is 2.22. The number of rotatable bonds is 5. The Balaban J connectivity index is 2.73. The van der Waals surface area contributed by atoms with Crippen molar-refractivity contribution in [3.8, 4) is 0 Å². The molecule has 1 aromatic carbocycles. The second-order valence-corrected chi connectivity index (χ2v) is 4.71. The molecule has 0 heterocycles. The van der Waals surface area contributed by atoms with Crippen LogP contribution in [0.15, 0.2) is 24.3 Å². The smallest absolute Gasteiger partial charge is 0.307 e. The number of carbonyl (C=O) groups is 1. The molecular weight excluding hydrogens is 214 g/mol. The number of carboxylic acids is 1. The third-order valence-electron chi connectivity index (χ3n) is 3.28. The number of aliphatic carboxylic acids is 1. The van der Waals surface area contributed by atoms with Crippen LogP contribution in [0.1, 0.15) is 31.0 Å². The molecule has 3 nitrogen and oxygen atoms in total. The summed E-state index contributed by atoms with van der Waals surface area (Å²) < 4.78 is 0. The summed E-state index contributed by atoms with van der Waals surface area (Å²) in [6.07, 6.45) is 0. The molecule has 17 heavy (non-hydrogen) atoms. The fourth-order valence-corrected chi connectivity index (χ4v) is 1.96. The van der Waals surface area contributed by atoms with Gasteiger partial charge in [0.15, 0.2) is 0 Å². The fraction of sp³-hybridized carbons (Fsp3) is 0.500. The third-order valence-corrected chi connectivity index (χ3v) is 3.28. The Labute approximate surface area is 103 Å². The number of carboxylic acid groups (broad SMARTS) is 1. The molecule has 0 saturated carbocycles. The van der Waals surface area contributed by atoms with Gasteiger partial charge in [0.25, 0.3) is 0 Å². The average Bonchev–Trinajstić information content (AvgIpc) is 2.28. The molecule has 0 spiro atoms. The fourth-order valence-electron chi connectivity index (χ4n) is 1.96. The van der Waals surface area contributed by atoms with Crippen molar-refractivity contribution in [3.63, 3.8) is 0 Å². The van der Waals surface area contributed by atoms with Crippen molar-refractivity contribution >= 4 is 5.97 Å². The summed E-state index contributed by atoms with van der Waals surface area (Å²) in [5.74, 6) is -1.08. The molecule has 0 amide bonds. The van der Waals surface area contributed by atoms with Gasteiger partial charge in [-0.05, 0) is 32.0 Å². The molecule has 94 valence electrons. The number of hydrogen-bond donors (Lipinski definition) is 1. The lowest BCUT2D eigenvalue weighted by Crippen LogP contribution is -2.31. The minimum absolute atomic E-state index is 0.234. The quantitative estimate of drug-likeness (QED) is 0.853. The van der Waals surface area contributed by atoms with E-state index in [1.165, 1.54) is 11.1 Å². The van der Waals surface area contributed by atoms with Crippen LogP contribution in [0.25, 0.3) is 0 Å². The number of hydrogen-bond acceptors (Lipinski definition) is 2. The van der Waals surface area contributed by atoms with Crippen LogP contribution in [-0.4, -0.2) is 29.6 Å². The molecule has 0 radical (unpaired) electrons. The monoisotopic (exact) mass is 235 g/mol. The molecule has 0 aromatic heterocycles. The average molecular weight is 235 g/mol. The molecule has 2 unspecified atom stereocenters. The molecule has 2 atom stereocenters. The maximum Gasteiger partial charge on any atom is 0.307 e. The molecule has 1 aromatic rings. The highest BCUT2D eigenvalue weighted by Gasteiger charge is 2.19. The molecule has 0 saturated heterocycles. The second kappa shape index (κ2) is 5.82. The molecule has 0 fully saturated rings. The summed E-state index contributed by atoms with van der Waals surface area (Å²) in [5, 5.41) is 8.91. The Morgan fingerprint density at radius 2 is 1.94 bits per heavy atom. The van der Waals surface area contributed by atoms with Crippen LogP contribution < -0.4 is 0 Å². The molecule has 1 N–H and O–H groups in total. The highest BCUT2D eigenvalue weighted by molar-refractivity contribution is 5.69. The predicted molar refractivity (Wildman–Crippen MR) is 69.0 cm³/mol. The Hall–Kier alpha value is -1.35. The first-order valence-electron chi connectivity index (χ1n) is 5.92. The van der Waals surface area contributed by atoms with Crippen LogP contribution >= 0.6 is 0 Å². The first-order valence-corrected chi connectivity index (χ1v) is 5.92. The zero-order valence-corrected chi connectivity index (χ0v) is 11.0. The Kier molecular flexibility index (Phi) is 4.70. The normalized spacial score (nSPS) is 14.6. The molecule has 1 rings (SSSR count). The number of aryl methyl sites for hydroxylation is 1. The SMILES string of the molecule is Cc1ccccc1C(C)N(C)CC(C)C(=O)O. The van der Waals surface area contributed by atoms with Crippen LogP contribution in [0.3, 0.4) is 0 Å². The molecule has 0 aliphatic rings. The van der Waals surface area contributed by atoms with Gasteiger partial charge in [-0.15, -0.1) is 0 Å². The lowest BCUT2D eigenvalue weighted by molar-refractivity contribution is -0.141. The van der Waals surface area contributed by atoms with E-state index in [1.807, 2.05) is 19.2 Å². The van der Waals surface area contributed by atoms with Crippen LogP contribution in [0.2, 0.25) is 0 Å². The summed E-state index contributed by atoms with van der Waals surface area (Å²) in [6.45, 7) is 6.49. The van der Waals surface area contributed by atoms with Gasteiger partial charge >= 0.3 is 5.97 Å². The van der Waals surface area contributed by atoms with Gasteiger partial charge < -0.3 is 5.11 Å². The van der Waals surface area contributed by atoms with Crippen LogP contribution in [-0.2, 0) is 4.79 Å². The minimum Gasteiger partial charge on any atom is -0.481 e. The lowest BCUT2D eigenvalue weighted by atomic mass is 10.0. The van der Waals surface area contributed by atoms with Crippen molar-refractivity contribution in [2.45, 2.75) is 26.8 Å². The summed E-state index contributed by atoms with van der Waals surface area (Å²) in [6, 6.07) is 8.46. The van der Waals surface area contributed by atoms with Gasteiger partial charge in [-0.1, -0.05) is 31.2 Å². The van der Waals surface area contributed by atoms with Crippen molar-refractivity contribution in [1.82, 2.24) is 4.90 Å². The standard InChI is InChI=1S/C14H21NO2/c1-10-7-5-6-8-13(10)12(3)15(4)9-11(2)14(16)17/h5-8,11-12H,9H2,1-4H3,(H,16,17). The first-order chi connectivity index (χ1) is 7.93. The van der Waals surface area contributed by atoms with Gasteiger partial charge in [0.05, 0.1) is 5.92 Å². The van der Waals surface area contributed by atoms with Gasteiger partial charge in [0.2, 0.25) is 0 Å². The Morgan fingerprint density at radius 1 is 1.35 bits per heavy atom. The maximum absolute atomic E-state index is 10.8. The van der Waals surface area contributed by atoms with E-state index < -0.39 is 5.97 Å². The zero-order valence-electron chi connectivity index (χ0n) is 11.0. The van der Waals surface area contributed by atoms with Crippen molar-refractivity contribution < 1.29 is 9.90 Å². The lowest BCUT2D eigenvalue weighted by Gasteiger charge is -2.27. The van der Waals surface area contributed by atoms with Crippen molar-refractivity contribution in [1.29, 1.82) is 0 Å². The van der Waals surface area contributed by atoms with Crippen LogP contribution in [0, 0.1) is 12.8 Å². The zero-order chi connectivity index (χ0) is 13.0. The second-order valence-electron chi connectivity index (χ2n) is 4.71. The maximum atomic E-state index is 10.8. The summed E-state index contributed by atoms with van der Waals surface area (Å²) in [7, 11) is 1.97. The minimum atomic E-state index is -0.742. The third kappa shape index (κ3) is 3.56. The van der Waals surface area contributed by atoms with Gasteiger partial charge in [-0.25, -0.2) is 0 Å². The van der Waals surface area contributed by atoms with E-state index in [9.17, 15) is 4.79 Å². The number of nitrogens with zero attached hydrogens (tertiary/aromatic N) is 1. The van der Waals surface area contributed by atoms with Gasteiger partial charge in [0.1, 0.15) is 0 Å². The molecular formula is C14H21NO2. The molecule has 0 bridgehead atoms. The summed E-state index contributed by atoms with van der Waals surface area (Å²) in [4.78, 5) is 12.9. The van der Waals surface area contributed by atoms with E-state index in [2.05, 4.69) is 30.9 Å². The van der Waals surface area contributed by atoms with E-state index in [1.54, 1.807) is 6.92 Å². The van der Waals surface area contributed by atoms with Gasteiger partial charge in [0, 0.05) is 12.6 Å². The van der Waals surface area contributed by atoms with Crippen molar-refractivity contribution in [2.24, 2.45) is 5.92 Å². The van der Waals surface area contributed by atoms with Crippen LogP contribution in [0.4, 0.5) is 0 Å². The largest absolute Gasteiger partial charge is 0.481 e.